The van der Waals surface area contributed by atoms with Crippen LogP contribution in [0, 0.1) is 5.92 Å². The topological polar surface area (TPSA) is 75.4 Å². The van der Waals surface area contributed by atoms with E-state index < -0.39 is 6.04 Å². The molecule has 0 aromatic heterocycles. The minimum absolute atomic E-state index is 0.00432. The summed E-state index contributed by atoms with van der Waals surface area (Å²) in [4.78, 5) is 25.7. The average Bonchev–Trinajstić information content (AvgIpc) is 2.80. The molecule has 1 heterocycles. The van der Waals surface area contributed by atoms with Crippen LogP contribution in [0.2, 0.25) is 0 Å². The van der Waals surface area contributed by atoms with E-state index in [0.717, 1.165) is 25.9 Å². The molecule has 2 amide bonds. The molecule has 1 aliphatic rings. The van der Waals surface area contributed by atoms with Gasteiger partial charge in [0.1, 0.15) is 6.04 Å². The highest BCUT2D eigenvalue weighted by Crippen LogP contribution is 2.10. The second-order valence-corrected chi connectivity index (χ2v) is 5.38. The van der Waals surface area contributed by atoms with Crippen molar-refractivity contribution in [3.63, 3.8) is 0 Å². The largest absolute Gasteiger partial charge is 0.344 e. The molecule has 1 aliphatic heterocycles. The van der Waals surface area contributed by atoms with Crippen molar-refractivity contribution in [2.24, 2.45) is 11.7 Å². The van der Waals surface area contributed by atoms with Crippen LogP contribution in [0.15, 0.2) is 0 Å². The maximum atomic E-state index is 12.0. The number of carbonyl (C=O) groups is 2. The Morgan fingerprint density at radius 1 is 1.22 bits per heavy atom. The summed E-state index contributed by atoms with van der Waals surface area (Å²) in [6.45, 7) is 7.09. The Kier molecular flexibility index (Phi) is 5.59. The van der Waals surface area contributed by atoms with Crippen LogP contribution < -0.4 is 11.1 Å². The Bertz CT molecular complexity index is 299. The Balaban J connectivity index is 2.40. The van der Waals surface area contributed by atoms with E-state index in [-0.39, 0.29) is 23.8 Å². The predicted octanol–water partition coefficient (Wildman–Crippen LogP) is 0.487. The monoisotopic (exact) mass is 255 g/mol. The number of hydrogen-bond acceptors (Lipinski definition) is 3. The van der Waals surface area contributed by atoms with E-state index in [1.165, 1.54) is 0 Å². The number of carbonyl (C=O) groups excluding carboxylic acids is 2. The first-order valence-electron chi connectivity index (χ1n) is 6.76. The Morgan fingerprint density at radius 3 is 2.28 bits per heavy atom. The van der Waals surface area contributed by atoms with Crippen molar-refractivity contribution in [1.29, 1.82) is 0 Å². The molecule has 0 bridgehead atoms. The molecule has 1 fully saturated rings. The van der Waals surface area contributed by atoms with Crippen LogP contribution in [-0.2, 0) is 9.59 Å². The van der Waals surface area contributed by atoms with Crippen molar-refractivity contribution in [2.45, 2.75) is 52.1 Å². The summed E-state index contributed by atoms with van der Waals surface area (Å²) in [5.41, 5.74) is 5.67. The van der Waals surface area contributed by atoms with Gasteiger partial charge < -0.3 is 16.0 Å². The van der Waals surface area contributed by atoms with Crippen LogP contribution in [0.3, 0.4) is 0 Å². The quantitative estimate of drug-likeness (QED) is 0.750. The van der Waals surface area contributed by atoms with E-state index >= 15 is 0 Å². The Morgan fingerprint density at radius 2 is 1.78 bits per heavy atom. The number of hydrogen-bond donors (Lipinski definition) is 2. The molecular weight excluding hydrogens is 230 g/mol. The van der Waals surface area contributed by atoms with E-state index in [1.54, 1.807) is 6.92 Å². The van der Waals surface area contributed by atoms with Crippen LogP contribution in [0.25, 0.3) is 0 Å². The van der Waals surface area contributed by atoms with Gasteiger partial charge in [0.15, 0.2) is 0 Å². The first kappa shape index (κ1) is 15.0. The van der Waals surface area contributed by atoms with Gasteiger partial charge in [0.2, 0.25) is 11.8 Å². The molecule has 0 aromatic carbocycles. The standard InChI is InChI=1S/C13H25N3O2/c1-9(8-10(2)14)12(17)15-11(3)13(18)16-6-4-5-7-16/h9-11H,4-8,14H2,1-3H3,(H,15,17). The average molecular weight is 255 g/mol. The van der Waals surface area contributed by atoms with Gasteiger partial charge in [-0.25, -0.2) is 0 Å². The van der Waals surface area contributed by atoms with Crippen molar-refractivity contribution in [3.05, 3.63) is 0 Å². The Hall–Kier alpha value is -1.10. The molecule has 1 saturated heterocycles. The predicted molar refractivity (Wildman–Crippen MR) is 70.8 cm³/mol. The van der Waals surface area contributed by atoms with Crippen LogP contribution in [0.1, 0.15) is 40.0 Å². The van der Waals surface area contributed by atoms with Crippen molar-refractivity contribution >= 4 is 11.8 Å². The van der Waals surface area contributed by atoms with E-state index in [4.69, 9.17) is 5.73 Å². The number of nitrogens with zero attached hydrogens (tertiary/aromatic N) is 1. The molecule has 104 valence electrons. The highest BCUT2D eigenvalue weighted by atomic mass is 16.2. The Labute approximate surface area is 109 Å². The lowest BCUT2D eigenvalue weighted by atomic mass is 10.0. The number of nitrogens with one attached hydrogen (secondary N) is 1. The van der Waals surface area contributed by atoms with Gasteiger partial charge in [-0.2, -0.15) is 0 Å². The van der Waals surface area contributed by atoms with Crippen molar-refractivity contribution in [3.8, 4) is 0 Å². The number of rotatable bonds is 5. The van der Waals surface area contributed by atoms with Crippen LogP contribution >= 0.6 is 0 Å². The summed E-state index contributed by atoms with van der Waals surface area (Å²) < 4.78 is 0. The molecule has 0 saturated carbocycles. The van der Waals surface area contributed by atoms with Crippen LogP contribution in [0.4, 0.5) is 0 Å². The van der Waals surface area contributed by atoms with Gasteiger partial charge in [0, 0.05) is 25.0 Å². The van der Waals surface area contributed by atoms with Gasteiger partial charge >= 0.3 is 0 Å². The molecule has 0 radical (unpaired) electrons. The van der Waals surface area contributed by atoms with Gasteiger partial charge in [-0.3, -0.25) is 9.59 Å². The summed E-state index contributed by atoms with van der Waals surface area (Å²) in [6, 6.07) is -0.443. The number of likely N-dealkylation sites (tertiary alicyclic amines) is 1. The van der Waals surface area contributed by atoms with Gasteiger partial charge in [-0.05, 0) is 33.1 Å². The maximum absolute atomic E-state index is 12.0. The molecule has 0 aromatic rings. The first-order valence-corrected chi connectivity index (χ1v) is 6.76. The molecular formula is C13H25N3O2. The summed E-state index contributed by atoms with van der Waals surface area (Å²) in [6.07, 6.45) is 2.76. The van der Waals surface area contributed by atoms with Crippen molar-refractivity contribution in [2.75, 3.05) is 13.1 Å². The summed E-state index contributed by atoms with van der Waals surface area (Å²) in [5.74, 6) is -0.222. The third kappa shape index (κ3) is 4.29. The van der Waals surface area contributed by atoms with Gasteiger partial charge in [0.05, 0.1) is 0 Å². The number of nitrogens with two attached hydrogens (primary N) is 1. The SMILES string of the molecule is CC(N)CC(C)C(=O)NC(C)C(=O)N1CCCC1. The van der Waals surface area contributed by atoms with Gasteiger partial charge in [-0.1, -0.05) is 6.92 Å². The molecule has 5 nitrogen and oxygen atoms in total. The molecule has 0 aliphatic carbocycles. The second-order valence-electron chi connectivity index (χ2n) is 5.38. The van der Waals surface area contributed by atoms with Crippen molar-refractivity contribution in [1.82, 2.24) is 10.2 Å². The van der Waals surface area contributed by atoms with Gasteiger partial charge in [0.25, 0.3) is 0 Å². The molecule has 1 rings (SSSR count). The minimum Gasteiger partial charge on any atom is -0.344 e. The lowest BCUT2D eigenvalue weighted by molar-refractivity contribution is -0.136. The van der Waals surface area contributed by atoms with E-state index in [0.29, 0.717) is 6.42 Å². The fourth-order valence-electron chi connectivity index (χ4n) is 2.29. The molecule has 0 spiro atoms. The third-order valence-electron chi connectivity index (χ3n) is 3.32. The molecule has 5 heteroatoms. The normalized spacial score (nSPS) is 20.3. The molecule has 3 unspecified atom stereocenters. The molecule has 3 N–H and O–H groups in total. The number of amides is 2. The fraction of sp³-hybridized carbons (Fsp3) is 0.846. The second kappa shape index (κ2) is 6.73. The van der Waals surface area contributed by atoms with E-state index in [1.807, 2.05) is 18.7 Å². The lowest BCUT2D eigenvalue weighted by Gasteiger charge is -2.23. The minimum atomic E-state index is -0.439. The zero-order valence-corrected chi connectivity index (χ0v) is 11.6. The summed E-state index contributed by atoms with van der Waals surface area (Å²) >= 11 is 0. The van der Waals surface area contributed by atoms with Gasteiger partial charge in [-0.15, -0.1) is 0 Å². The maximum Gasteiger partial charge on any atom is 0.244 e. The highest BCUT2D eigenvalue weighted by Gasteiger charge is 2.25. The van der Waals surface area contributed by atoms with Crippen molar-refractivity contribution < 1.29 is 9.59 Å². The molecule has 18 heavy (non-hydrogen) atoms. The zero-order valence-electron chi connectivity index (χ0n) is 11.6. The smallest absolute Gasteiger partial charge is 0.244 e. The van der Waals surface area contributed by atoms with E-state index in [2.05, 4.69) is 5.32 Å². The third-order valence-corrected chi connectivity index (χ3v) is 3.32. The first-order chi connectivity index (χ1) is 8.41. The highest BCUT2D eigenvalue weighted by molar-refractivity contribution is 5.88. The zero-order chi connectivity index (χ0) is 13.7. The summed E-state index contributed by atoms with van der Waals surface area (Å²) in [5, 5.41) is 2.78. The lowest BCUT2D eigenvalue weighted by Crippen LogP contribution is -2.47. The van der Waals surface area contributed by atoms with Crippen LogP contribution in [0.5, 0.6) is 0 Å². The summed E-state index contributed by atoms with van der Waals surface area (Å²) in [7, 11) is 0. The van der Waals surface area contributed by atoms with Crippen LogP contribution in [-0.4, -0.2) is 41.9 Å². The fourth-order valence-corrected chi connectivity index (χ4v) is 2.29. The molecule has 3 atom stereocenters. The van der Waals surface area contributed by atoms with E-state index in [9.17, 15) is 9.59 Å².